The van der Waals surface area contributed by atoms with Crippen LogP contribution in [0.5, 0.6) is 0 Å². The highest BCUT2D eigenvalue weighted by atomic mass is 32.2. The van der Waals surface area contributed by atoms with Crippen molar-refractivity contribution in [2.24, 2.45) is 11.3 Å². The molecule has 1 aliphatic carbocycles. The molecule has 92 valence electrons. The van der Waals surface area contributed by atoms with Crippen LogP contribution >= 0.6 is 0 Å². The van der Waals surface area contributed by atoms with Crippen molar-refractivity contribution >= 4 is 9.84 Å². The van der Waals surface area contributed by atoms with Gasteiger partial charge in [0, 0.05) is 12.9 Å². The van der Waals surface area contributed by atoms with Crippen LogP contribution < -0.4 is 0 Å². The van der Waals surface area contributed by atoms with Crippen LogP contribution in [0, 0.1) is 22.7 Å². The first-order valence-electron chi connectivity index (χ1n) is 5.53. The van der Waals surface area contributed by atoms with Crippen molar-refractivity contribution in [3.8, 4) is 6.07 Å². The predicted octanol–water partition coefficient (Wildman–Crippen LogP) is 1.38. The van der Waals surface area contributed by atoms with Gasteiger partial charge < -0.3 is 4.74 Å². The first-order valence-corrected chi connectivity index (χ1v) is 7.25. The molecule has 1 fully saturated rings. The number of nitriles is 1. The predicted molar refractivity (Wildman–Crippen MR) is 61.6 cm³/mol. The lowest BCUT2D eigenvalue weighted by Crippen LogP contribution is -2.28. The summed E-state index contributed by atoms with van der Waals surface area (Å²) in [6, 6.07) is 2.26. The van der Waals surface area contributed by atoms with Crippen molar-refractivity contribution < 1.29 is 13.2 Å². The maximum atomic E-state index is 11.8. The molecule has 0 aromatic carbocycles. The first-order chi connectivity index (χ1) is 7.41. The molecule has 0 radical (unpaired) electrons. The van der Waals surface area contributed by atoms with Crippen LogP contribution in [0.3, 0.4) is 0 Å². The van der Waals surface area contributed by atoms with Crippen molar-refractivity contribution in [3.63, 3.8) is 0 Å². The molecule has 0 amide bonds. The Balaban J connectivity index is 2.93. The number of rotatable bonds is 4. The average Bonchev–Trinajstić information content (AvgIpc) is 2.58. The molecule has 0 spiro atoms. The summed E-state index contributed by atoms with van der Waals surface area (Å²) in [5, 5.41) is 8.88. The maximum Gasteiger partial charge on any atom is 0.152 e. The van der Waals surface area contributed by atoms with Gasteiger partial charge in [0.1, 0.15) is 0 Å². The highest BCUT2D eigenvalue weighted by Gasteiger charge is 2.49. The Morgan fingerprint density at radius 2 is 2.19 bits per heavy atom. The number of hydrogen-bond acceptors (Lipinski definition) is 4. The normalized spacial score (nSPS) is 34.9. The minimum Gasteiger partial charge on any atom is -0.383 e. The molecule has 0 unspecified atom stereocenters. The van der Waals surface area contributed by atoms with E-state index in [1.807, 2.05) is 6.92 Å². The van der Waals surface area contributed by atoms with Gasteiger partial charge in [-0.3, -0.25) is 0 Å². The van der Waals surface area contributed by atoms with Gasteiger partial charge >= 0.3 is 0 Å². The molecular formula is C11H19NO3S. The van der Waals surface area contributed by atoms with Gasteiger partial charge in [-0.1, -0.05) is 13.8 Å². The topological polar surface area (TPSA) is 67.2 Å². The van der Waals surface area contributed by atoms with Crippen LogP contribution in [-0.4, -0.2) is 33.1 Å². The zero-order valence-electron chi connectivity index (χ0n) is 10.1. The second kappa shape index (κ2) is 4.72. The van der Waals surface area contributed by atoms with Crippen molar-refractivity contribution in [1.82, 2.24) is 0 Å². The van der Waals surface area contributed by atoms with Crippen LogP contribution in [0.4, 0.5) is 0 Å². The van der Waals surface area contributed by atoms with E-state index in [1.54, 1.807) is 14.0 Å². The number of methoxy groups -OCH3 is 1. The van der Waals surface area contributed by atoms with Gasteiger partial charge in [-0.2, -0.15) is 5.26 Å². The van der Waals surface area contributed by atoms with E-state index in [0.29, 0.717) is 19.4 Å². The lowest BCUT2D eigenvalue weighted by molar-refractivity contribution is 0.0951. The van der Waals surface area contributed by atoms with E-state index in [1.165, 1.54) is 0 Å². The van der Waals surface area contributed by atoms with E-state index >= 15 is 0 Å². The molecule has 5 heteroatoms. The molecule has 1 saturated carbocycles. The van der Waals surface area contributed by atoms with E-state index in [0.717, 1.165) is 0 Å². The molecule has 0 N–H and O–H groups in total. The Hall–Kier alpha value is -0.600. The monoisotopic (exact) mass is 245 g/mol. The lowest BCUT2D eigenvalue weighted by Gasteiger charge is -2.24. The quantitative estimate of drug-likeness (QED) is 0.750. The second-order valence-electron chi connectivity index (χ2n) is 4.62. The summed E-state index contributed by atoms with van der Waals surface area (Å²) in [7, 11) is -1.49. The van der Waals surface area contributed by atoms with Gasteiger partial charge in [-0.15, -0.1) is 0 Å². The third kappa shape index (κ3) is 2.23. The fraction of sp³-hybridized carbons (Fsp3) is 0.909. The third-order valence-electron chi connectivity index (χ3n) is 3.69. The Morgan fingerprint density at radius 3 is 2.62 bits per heavy atom. The van der Waals surface area contributed by atoms with Gasteiger partial charge in [-0.05, 0) is 18.8 Å². The number of sulfone groups is 1. The lowest BCUT2D eigenvalue weighted by atomic mass is 9.81. The smallest absolute Gasteiger partial charge is 0.152 e. The molecule has 16 heavy (non-hydrogen) atoms. The van der Waals surface area contributed by atoms with E-state index < -0.39 is 15.3 Å². The van der Waals surface area contributed by atoms with E-state index in [4.69, 9.17) is 4.74 Å². The minimum atomic E-state index is -3.04. The van der Waals surface area contributed by atoms with Crippen molar-refractivity contribution in [1.29, 1.82) is 5.26 Å². The molecule has 1 rings (SSSR count). The summed E-state index contributed by atoms with van der Waals surface area (Å²) in [6.45, 7) is 3.91. The van der Waals surface area contributed by atoms with Gasteiger partial charge in [0.15, 0.2) is 9.84 Å². The minimum absolute atomic E-state index is 0.0729. The molecule has 0 aromatic rings. The largest absolute Gasteiger partial charge is 0.383 e. The molecule has 1 aliphatic rings. The van der Waals surface area contributed by atoms with E-state index in [9.17, 15) is 13.7 Å². The zero-order valence-corrected chi connectivity index (χ0v) is 10.9. The Bertz CT molecular complexity index is 385. The van der Waals surface area contributed by atoms with Crippen molar-refractivity contribution in [2.45, 2.75) is 31.9 Å². The molecule has 4 nitrogen and oxygen atoms in total. The van der Waals surface area contributed by atoms with Gasteiger partial charge in [0.05, 0.1) is 23.3 Å². The highest BCUT2D eigenvalue weighted by Crippen LogP contribution is 2.45. The second-order valence-corrected chi connectivity index (χ2v) is 7.19. The standard InChI is InChI=1S/C11H19NO3S/c1-4-16(13,14)10-5-9(2)11(6-10,7-12)8-15-3/h9-10H,4-6,8H2,1-3H3/t9-,10+,11+/m0/s1. The Morgan fingerprint density at radius 1 is 1.56 bits per heavy atom. The summed E-state index contributed by atoms with van der Waals surface area (Å²) < 4.78 is 28.7. The first kappa shape index (κ1) is 13.5. The molecule has 0 heterocycles. The average molecular weight is 245 g/mol. The molecule has 0 bridgehead atoms. The zero-order chi connectivity index (χ0) is 12.4. The third-order valence-corrected chi connectivity index (χ3v) is 5.87. The molecule has 0 aliphatic heterocycles. The fourth-order valence-electron chi connectivity index (χ4n) is 2.47. The summed E-state index contributed by atoms with van der Waals surface area (Å²) in [4.78, 5) is 0. The van der Waals surface area contributed by atoms with Gasteiger partial charge in [0.2, 0.25) is 0 Å². The van der Waals surface area contributed by atoms with Gasteiger partial charge in [0.25, 0.3) is 0 Å². The van der Waals surface area contributed by atoms with E-state index in [2.05, 4.69) is 6.07 Å². The van der Waals surface area contributed by atoms with Crippen LogP contribution in [0.1, 0.15) is 26.7 Å². The molecule has 0 saturated heterocycles. The van der Waals surface area contributed by atoms with E-state index in [-0.39, 0.29) is 16.9 Å². The van der Waals surface area contributed by atoms with Crippen LogP contribution in [0.15, 0.2) is 0 Å². The van der Waals surface area contributed by atoms with Crippen LogP contribution in [0.25, 0.3) is 0 Å². The van der Waals surface area contributed by atoms with Crippen molar-refractivity contribution in [2.75, 3.05) is 19.5 Å². The summed E-state index contributed by atoms with van der Waals surface area (Å²) in [5.41, 5.74) is -0.623. The summed E-state index contributed by atoms with van der Waals surface area (Å²) >= 11 is 0. The highest BCUT2D eigenvalue weighted by molar-refractivity contribution is 7.92. The van der Waals surface area contributed by atoms with Crippen molar-refractivity contribution in [3.05, 3.63) is 0 Å². The van der Waals surface area contributed by atoms with Crippen LogP contribution in [0.2, 0.25) is 0 Å². The fourth-order valence-corrected chi connectivity index (χ4v) is 4.07. The molecular weight excluding hydrogens is 226 g/mol. The Labute approximate surface area is 97.5 Å². The maximum absolute atomic E-state index is 11.8. The summed E-state index contributed by atoms with van der Waals surface area (Å²) in [5.74, 6) is 0.225. The number of ether oxygens (including phenoxy) is 1. The molecule has 3 atom stereocenters. The SMILES string of the molecule is CCS(=O)(=O)[C@@H]1C[C@H](C)[C@](C#N)(COC)C1. The Kier molecular flexibility index (Phi) is 3.97. The number of hydrogen-bond donors (Lipinski definition) is 0. The van der Waals surface area contributed by atoms with Gasteiger partial charge in [-0.25, -0.2) is 8.42 Å². The number of nitrogens with zero attached hydrogens (tertiary/aromatic N) is 1. The molecule has 0 aromatic heterocycles. The van der Waals surface area contributed by atoms with Crippen LogP contribution in [-0.2, 0) is 14.6 Å². The summed E-state index contributed by atoms with van der Waals surface area (Å²) in [6.07, 6.45) is 0.988.